The molecule has 1 amide bonds. The third kappa shape index (κ3) is 2.49. The first-order valence-corrected chi connectivity index (χ1v) is 6.02. The fraction of sp³-hybridized carbons (Fsp3) is 0.917. The van der Waals surface area contributed by atoms with Crippen LogP contribution in [0.2, 0.25) is 0 Å². The summed E-state index contributed by atoms with van der Waals surface area (Å²) in [6, 6.07) is 0. The molecule has 0 bridgehead atoms. The van der Waals surface area contributed by atoms with Crippen molar-refractivity contribution in [1.29, 1.82) is 0 Å². The molecule has 2 aliphatic rings. The number of amides is 1. The van der Waals surface area contributed by atoms with Crippen molar-refractivity contribution >= 4 is 5.91 Å². The van der Waals surface area contributed by atoms with Crippen molar-refractivity contribution in [3.8, 4) is 0 Å². The summed E-state index contributed by atoms with van der Waals surface area (Å²) in [5.74, 6) is 1.58. The first-order chi connectivity index (χ1) is 6.77. The van der Waals surface area contributed by atoms with Crippen molar-refractivity contribution in [3.63, 3.8) is 0 Å². The van der Waals surface area contributed by atoms with Gasteiger partial charge in [-0.1, -0.05) is 19.3 Å². The van der Waals surface area contributed by atoms with Crippen LogP contribution in [0.15, 0.2) is 0 Å². The number of hydrogen-bond donors (Lipinski definition) is 0. The molecule has 0 aromatic carbocycles. The van der Waals surface area contributed by atoms with E-state index in [4.69, 9.17) is 0 Å². The minimum absolute atomic E-state index is 0.392. The van der Waals surface area contributed by atoms with Crippen molar-refractivity contribution < 1.29 is 4.79 Å². The lowest BCUT2D eigenvalue weighted by atomic mass is 9.89. The zero-order valence-electron chi connectivity index (χ0n) is 9.17. The molecule has 2 fully saturated rings. The summed E-state index contributed by atoms with van der Waals surface area (Å²) >= 11 is 0. The average Bonchev–Trinajstić information content (AvgIpc) is 3.01. The van der Waals surface area contributed by atoms with Gasteiger partial charge in [0, 0.05) is 19.5 Å². The van der Waals surface area contributed by atoms with E-state index in [1.165, 1.54) is 32.1 Å². The van der Waals surface area contributed by atoms with Crippen LogP contribution in [0.4, 0.5) is 0 Å². The van der Waals surface area contributed by atoms with Crippen LogP contribution in [0.5, 0.6) is 0 Å². The molecule has 14 heavy (non-hydrogen) atoms. The summed E-state index contributed by atoms with van der Waals surface area (Å²) in [5.41, 5.74) is 0. The van der Waals surface area contributed by atoms with Gasteiger partial charge < -0.3 is 4.90 Å². The van der Waals surface area contributed by atoms with E-state index in [1.807, 2.05) is 11.9 Å². The van der Waals surface area contributed by atoms with Crippen LogP contribution in [-0.2, 0) is 4.79 Å². The molecule has 2 aliphatic carbocycles. The van der Waals surface area contributed by atoms with Crippen LogP contribution < -0.4 is 0 Å². The second-order valence-corrected chi connectivity index (χ2v) is 5.00. The van der Waals surface area contributed by atoms with E-state index in [-0.39, 0.29) is 0 Å². The highest BCUT2D eigenvalue weighted by Crippen LogP contribution is 2.31. The zero-order valence-corrected chi connectivity index (χ0v) is 9.17. The first kappa shape index (κ1) is 10.0. The summed E-state index contributed by atoms with van der Waals surface area (Å²) in [4.78, 5) is 13.7. The molecule has 0 aromatic rings. The molecule has 2 rings (SSSR count). The van der Waals surface area contributed by atoms with Crippen molar-refractivity contribution in [2.45, 2.75) is 44.9 Å². The Morgan fingerprint density at radius 2 is 1.79 bits per heavy atom. The number of nitrogens with zero attached hydrogens (tertiary/aromatic N) is 1. The molecule has 0 spiro atoms. The monoisotopic (exact) mass is 195 g/mol. The second kappa shape index (κ2) is 4.33. The van der Waals surface area contributed by atoms with Gasteiger partial charge in [0.05, 0.1) is 0 Å². The number of rotatable bonds is 3. The van der Waals surface area contributed by atoms with Crippen LogP contribution in [0.25, 0.3) is 0 Å². The molecule has 0 radical (unpaired) electrons. The fourth-order valence-corrected chi connectivity index (χ4v) is 2.49. The number of carbonyl (C=O) groups excluding carboxylic acids is 1. The smallest absolute Gasteiger partial charge is 0.225 e. The van der Waals surface area contributed by atoms with Gasteiger partial charge in [-0.3, -0.25) is 4.79 Å². The molecular weight excluding hydrogens is 174 g/mol. The Bertz CT molecular complexity index is 204. The van der Waals surface area contributed by atoms with Crippen molar-refractivity contribution in [1.82, 2.24) is 4.90 Å². The lowest BCUT2D eigenvalue weighted by molar-refractivity contribution is -0.131. The Hall–Kier alpha value is -0.530. The summed E-state index contributed by atoms with van der Waals surface area (Å²) in [6.07, 6.45) is 9.08. The molecule has 0 aliphatic heterocycles. The van der Waals surface area contributed by atoms with Gasteiger partial charge in [0.25, 0.3) is 0 Å². The van der Waals surface area contributed by atoms with Gasteiger partial charge in [0.1, 0.15) is 0 Å². The Labute approximate surface area is 86.7 Å². The lowest BCUT2D eigenvalue weighted by Gasteiger charge is -2.27. The Kier molecular flexibility index (Phi) is 3.09. The van der Waals surface area contributed by atoms with E-state index in [1.54, 1.807) is 0 Å². The van der Waals surface area contributed by atoms with E-state index in [2.05, 4.69) is 0 Å². The first-order valence-electron chi connectivity index (χ1n) is 6.02. The predicted molar refractivity (Wildman–Crippen MR) is 56.9 cm³/mol. The molecule has 80 valence electrons. The maximum atomic E-state index is 11.7. The van der Waals surface area contributed by atoms with Crippen LogP contribution in [-0.4, -0.2) is 24.4 Å². The summed E-state index contributed by atoms with van der Waals surface area (Å²) in [6.45, 7) is 1.01. The molecule has 2 heteroatoms. The molecule has 0 saturated heterocycles. The topological polar surface area (TPSA) is 20.3 Å². The second-order valence-electron chi connectivity index (χ2n) is 5.00. The third-order valence-corrected chi connectivity index (χ3v) is 3.56. The average molecular weight is 195 g/mol. The molecule has 2 nitrogen and oxygen atoms in total. The Balaban J connectivity index is 1.74. The van der Waals surface area contributed by atoms with Gasteiger partial charge in [0.15, 0.2) is 0 Å². The standard InChI is InChI=1S/C12H21NO/c1-13(12(14)11-7-8-11)9-10-5-3-2-4-6-10/h10-11H,2-9H2,1H3. The number of carbonyl (C=O) groups is 1. The minimum Gasteiger partial charge on any atom is -0.345 e. The van der Waals surface area contributed by atoms with Gasteiger partial charge in [-0.25, -0.2) is 0 Å². The molecule has 0 aromatic heterocycles. The summed E-state index contributed by atoms with van der Waals surface area (Å²) in [5, 5.41) is 0. The maximum absolute atomic E-state index is 11.7. The van der Waals surface area contributed by atoms with Gasteiger partial charge >= 0.3 is 0 Å². The fourth-order valence-electron chi connectivity index (χ4n) is 2.49. The maximum Gasteiger partial charge on any atom is 0.225 e. The molecule has 0 unspecified atom stereocenters. The largest absolute Gasteiger partial charge is 0.345 e. The highest BCUT2D eigenvalue weighted by Gasteiger charge is 2.32. The van der Waals surface area contributed by atoms with Crippen molar-refractivity contribution in [2.75, 3.05) is 13.6 Å². The molecular formula is C12H21NO. The van der Waals surface area contributed by atoms with E-state index in [9.17, 15) is 4.79 Å². The molecule has 0 heterocycles. The van der Waals surface area contributed by atoms with Crippen LogP contribution in [0.1, 0.15) is 44.9 Å². The van der Waals surface area contributed by atoms with Gasteiger partial charge in [-0.15, -0.1) is 0 Å². The molecule has 0 N–H and O–H groups in total. The van der Waals surface area contributed by atoms with Crippen molar-refractivity contribution in [2.24, 2.45) is 11.8 Å². The molecule has 2 saturated carbocycles. The predicted octanol–water partition coefficient (Wildman–Crippen LogP) is 2.44. The van der Waals surface area contributed by atoms with Crippen LogP contribution >= 0.6 is 0 Å². The Morgan fingerprint density at radius 3 is 2.36 bits per heavy atom. The van der Waals surface area contributed by atoms with Gasteiger partial charge in [-0.05, 0) is 31.6 Å². The Morgan fingerprint density at radius 1 is 1.14 bits per heavy atom. The van der Waals surface area contributed by atoms with E-state index in [0.717, 1.165) is 25.3 Å². The lowest BCUT2D eigenvalue weighted by Crippen LogP contribution is -2.33. The highest BCUT2D eigenvalue weighted by atomic mass is 16.2. The van der Waals surface area contributed by atoms with Crippen LogP contribution in [0, 0.1) is 11.8 Å². The zero-order chi connectivity index (χ0) is 9.97. The van der Waals surface area contributed by atoms with Crippen molar-refractivity contribution in [3.05, 3.63) is 0 Å². The van der Waals surface area contributed by atoms with Gasteiger partial charge in [0.2, 0.25) is 5.91 Å². The third-order valence-electron chi connectivity index (χ3n) is 3.56. The highest BCUT2D eigenvalue weighted by molar-refractivity contribution is 5.80. The van der Waals surface area contributed by atoms with E-state index < -0.39 is 0 Å². The van der Waals surface area contributed by atoms with E-state index >= 15 is 0 Å². The normalized spacial score (nSPS) is 23.5. The summed E-state index contributed by atoms with van der Waals surface area (Å²) in [7, 11) is 1.98. The summed E-state index contributed by atoms with van der Waals surface area (Å²) < 4.78 is 0. The van der Waals surface area contributed by atoms with E-state index in [0.29, 0.717) is 11.8 Å². The quantitative estimate of drug-likeness (QED) is 0.677. The van der Waals surface area contributed by atoms with Gasteiger partial charge in [-0.2, -0.15) is 0 Å². The molecule has 0 atom stereocenters. The van der Waals surface area contributed by atoms with Crippen LogP contribution in [0.3, 0.4) is 0 Å². The SMILES string of the molecule is CN(CC1CCCCC1)C(=O)C1CC1. The minimum atomic E-state index is 0.392. The number of hydrogen-bond acceptors (Lipinski definition) is 1.